The van der Waals surface area contributed by atoms with E-state index in [9.17, 15) is 0 Å². The van der Waals surface area contributed by atoms with Gasteiger partial charge in [0.25, 0.3) is 0 Å². The standard InChI is InChI=1S/C16H28O2S2/c1-2-4-6-8-10-12-14-16-19-20-18-17-15-13-11-9-7-5-3-1/h9,11,13,15H,1-8,10,12,14,16H2/b11-9+,15-13-. The molecule has 0 aromatic rings. The predicted molar refractivity (Wildman–Crippen MR) is 91.3 cm³/mol. The van der Waals surface area contributed by atoms with Crippen LogP contribution in [-0.4, -0.2) is 5.75 Å². The Labute approximate surface area is 132 Å². The fourth-order valence-electron chi connectivity index (χ4n) is 2.18. The molecular weight excluding hydrogens is 288 g/mol. The quantitative estimate of drug-likeness (QED) is 0.284. The lowest BCUT2D eigenvalue weighted by molar-refractivity contribution is -0.127. The summed E-state index contributed by atoms with van der Waals surface area (Å²) >= 11 is 1.32. The number of rotatable bonds is 0. The average molecular weight is 317 g/mol. The Morgan fingerprint density at radius 1 is 0.700 bits per heavy atom. The van der Waals surface area contributed by atoms with Crippen molar-refractivity contribution < 1.29 is 9.22 Å². The largest absolute Gasteiger partial charge is 0.332 e. The van der Waals surface area contributed by atoms with Crippen LogP contribution < -0.4 is 0 Å². The second-order valence-corrected chi connectivity index (χ2v) is 7.17. The fourth-order valence-corrected chi connectivity index (χ4v) is 3.46. The maximum atomic E-state index is 4.97. The van der Waals surface area contributed by atoms with Crippen molar-refractivity contribution in [3.8, 4) is 0 Å². The van der Waals surface area contributed by atoms with E-state index in [0.29, 0.717) is 0 Å². The zero-order valence-electron chi connectivity index (χ0n) is 12.4. The molecule has 1 rings (SSSR count). The van der Waals surface area contributed by atoms with Gasteiger partial charge in [0.15, 0.2) is 0 Å². The molecule has 1 aliphatic rings. The Morgan fingerprint density at radius 2 is 1.35 bits per heavy atom. The molecule has 0 radical (unpaired) electrons. The van der Waals surface area contributed by atoms with E-state index in [0.717, 1.165) is 12.2 Å². The zero-order chi connectivity index (χ0) is 14.1. The van der Waals surface area contributed by atoms with Crippen LogP contribution in [0.5, 0.6) is 0 Å². The first-order valence-electron chi connectivity index (χ1n) is 7.93. The number of allylic oxidation sites excluding steroid dienone is 3. The van der Waals surface area contributed by atoms with E-state index in [1.807, 2.05) is 12.2 Å². The molecule has 0 aromatic heterocycles. The Morgan fingerprint density at radius 3 is 2.10 bits per heavy atom. The van der Waals surface area contributed by atoms with Crippen LogP contribution in [0.15, 0.2) is 24.5 Å². The van der Waals surface area contributed by atoms with E-state index in [2.05, 4.69) is 6.08 Å². The van der Waals surface area contributed by atoms with E-state index in [1.54, 1.807) is 17.1 Å². The van der Waals surface area contributed by atoms with Gasteiger partial charge in [0.2, 0.25) is 0 Å². The minimum Gasteiger partial charge on any atom is -0.332 e. The van der Waals surface area contributed by atoms with Gasteiger partial charge in [-0.3, -0.25) is 0 Å². The highest BCUT2D eigenvalue weighted by atomic mass is 33.1. The highest BCUT2D eigenvalue weighted by molar-refractivity contribution is 8.74. The van der Waals surface area contributed by atoms with E-state index in [1.165, 1.54) is 75.3 Å². The Kier molecular flexibility index (Phi) is 13.8. The molecule has 0 amide bonds. The SMILES string of the molecule is C1=C\OOSSCCCCCCCCCCCC/C=C/1. The number of hydrogen-bond donors (Lipinski definition) is 0. The molecule has 0 spiro atoms. The van der Waals surface area contributed by atoms with Crippen molar-refractivity contribution in [2.75, 3.05) is 5.75 Å². The summed E-state index contributed by atoms with van der Waals surface area (Å²) in [6, 6.07) is 0. The van der Waals surface area contributed by atoms with E-state index < -0.39 is 0 Å². The predicted octanol–water partition coefficient (Wildman–Crippen LogP) is 6.61. The first kappa shape index (κ1) is 18.0. The summed E-state index contributed by atoms with van der Waals surface area (Å²) < 4.78 is 4.97. The van der Waals surface area contributed by atoms with Crippen LogP contribution in [0.1, 0.15) is 70.6 Å². The average Bonchev–Trinajstić information content (AvgIpc) is 2.46. The molecule has 0 bridgehead atoms. The van der Waals surface area contributed by atoms with Crippen LogP contribution in [-0.2, 0) is 9.22 Å². The highest BCUT2D eigenvalue weighted by Crippen LogP contribution is 2.24. The monoisotopic (exact) mass is 316 g/mol. The fraction of sp³-hybridized carbons (Fsp3) is 0.750. The molecule has 0 unspecified atom stereocenters. The van der Waals surface area contributed by atoms with E-state index >= 15 is 0 Å². The third-order valence-electron chi connectivity index (χ3n) is 3.34. The van der Waals surface area contributed by atoms with E-state index in [-0.39, 0.29) is 0 Å². The van der Waals surface area contributed by atoms with Crippen LogP contribution in [0.2, 0.25) is 0 Å². The normalized spacial score (nSPS) is 25.2. The summed E-state index contributed by atoms with van der Waals surface area (Å²) in [5.41, 5.74) is 0. The zero-order valence-corrected chi connectivity index (χ0v) is 14.1. The van der Waals surface area contributed by atoms with Crippen LogP contribution in [0.3, 0.4) is 0 Å². The maximum Gasteiger partial charge on any atom is 0.130 e. The summed E-state index contributed by atoms with van der Waals surface area (Å²) in [4.78, 5) is 4.93. The van der Waals surface area contributed by atoms with Crippen molar-refractivity contribution in [3.63, 3.8) is 0 Å². The van der Waals surface area contributed by atoms with Gasteiger partial charge < -0.3 is 4.89 Å². The lowest BCUT2D eigenvalue weighted by Crippen LogP contribution is -1.83. The second kappa shape index (κ2) is 15.3. The summed E-state index contributed by atoms with van der Waals surface area (Å²) in [5, 5.41) is 0. The van der Waals surface area contributed by atoms with Crippen molar-refractivity contribution in [2.45, 2.75) is 70.6 Å². The Bertz CT molecular complexity index is 229. The molecule has 0 fully saturated rings. The summed E-state index contributed by atoms with van der Waals surface area (Å²) in [7, 11) is 1.72. The van der Waals surface area contributed by atoms with Crippen LogP contribution in [0, 0.1) is 0 Å². The molecule has 1 heterocycles. The van der Waals surface area contributed by atoms with Crippen LogP contribution in [0.25, 0.3) is 0 Å². The smallest absolute Gasteiger partial charge is 0.130 e. The van der Waals surface area contributed by atoms with Gasteiger partial charge in [-0.15, -0.1) is 4.33 Å². The molecule has 0 aromatic carbocycles. The molecule has 0 atom stereocenters. The topological polar surface area (TPSA) is 18.5 Å². The van der Waals surface area contributed by atoms with Crippen LogP contribution in [0.4, 0.5) is 0 Å². The van der Waals surface area contributed by atoms with Crippen molar-refractivity contribution >= 4 is 21.9 Å². The van der Waals surface area contributed by atoms with Crippen molar-refractivity contribution in [1.29, 1.82) is 0 Å². The molecule has 116 valence electrons. The summed E-state index contributed by atoms with van der Waals surface area (Å²) in [6.07, 6.45) is 22.6. The Balaban J connectivity index is 2.12. The van der Waals surface area contributed by atoms with Gasteiger partial charge in [0.1, 0.15) is 17.3 Å². The molecule has 0 saturated carbocycles. The van der Waals surface area contributed by atoms with E-state index in [4.69, 9.17) is 9.22 Å². The molecule has 2 nitrogen and oxygen atoms in total. The summed E-state index contributed by atoms with van der Waals surface area (Å²) in [6.45, 7) is 0. The van der Waals surface area contributed by atoms with Gasteiger partial charge in [-0.25, -0.2) is 0 Å². The molecule has 1 aliphatic heterocycles. The minimum atomic E-state index is 1.14. The Hall–Kier alpha value is -0.0600. The van der Waals surface area contributed by atoms with Gasteiger partial charge >= 0.3 is 0 Å². The maximum absolute atomic E-state index is 4.97. The second-order valence-electron chi connectivity index (χ2n) is 5.14. The van der Waals surface area contributed by atoms with Crippen molar-refractivity contribution in [1.82, 2.24) is 0 Å². The molecule has 0 saturated heterocycles. The molecule has 0 aliphatic carbocycles. The molecule has 0 N–H and O–H groups in total. The van der Waals surface area contributed by atoms with Gasteiger partial charge in [0, 0.05) is 5.75 Å². The molecule has 20 heavy (non-hydrogen) atoms. The van der Waals surface area contributed by atoms with Crippen LogP contribution >= 0.6 is 21.9 Å². The lowest BCUT2D eigenvalue weighted by atomic mass is 10.1. The third kappa shape index (κ3) is 12.9. The first-order valence-corrected chi connectivity index (χ1v) is 10.2. The van der Waals surface area contributed by atoms with Crippen molar-refractivity contribution in [2.24, 2.45) is 0 Å². The lowest BCUT2D eigenvalue weighted by Gasteiger charge is -2.03. The third-order valence-corrected chi connectivity index (χ3v) is 4.99. The molecular formula is C16H28O2S2. The highest BCUT2D eigenvalue weighted by Gasteiger charge is 1.95. The molecule has 4 heteroatoms. The van der Waals surface area contributed by atoms with Crippen molar-refractivity contribution in [3.05, 3.63) is 24.5 Å². The first-order chi connectivity index (χ1) is 10.0. The van der Waals surface area contributed by atoms with Gasteiger partial charge in [-0.05, 0) is 25.3 Å². The summed E-state index contributed by atoms with van der Waals surface area (Å²) in [5.74, 6) is 1.14. The van der Waals surface area contributed by atoms with Gasteiger partial charge in [0.05, 0.1) is 0 Å². The van der Waals surface area contributed by atoms with Gasteiger partial charge in [-0.2, -0.15) is 0 Å². The van der Waals surface area contributed by atoms with Gasteiger partial charge in [-0.1, -0.05) is 74.3 Å². The minimum absolute atomic E-state index is 1.14. The number of hydrogen-bond acceptors (Lipinski definition) is 4.